The van der Waals surface area contributed by atoms with E-state index in [1.54, 1.807) is 0 Å². The summed E-state index contributed by atoms with van der Waals surface area (Å²) in [5, 5.41) is 5.37. The van der Waals surface area contributed by atoms with Gasteiger partial charge in [-0.1, -0.05) is 22.9 Å². The van der Waals surface area contributed by atoms with Crippen molar-refractivity contribution in [2.24, 2.45) is 0 Å². The van der Waals surface area contributed by atoms with Gasteiger partial charge in [0.05, 0.1) is 6.04 Å². The first-order chi connectivity index (χ1) is 9.10. The van der Waals surface area contributed by atoms with Crippen LogP contribution in [0.2, 0.25) is 0 Å². The number of nitrogens with one attached hydrogen (secondary N) is 1. The van der Waals surface area contributed by atoms with Crippen LogP contribution in [0.4, 0.5) is 0 Å². The highest BCUT2D eigenvalue weighted by molar-refractivity contribution is 9.10. The minimum Gasteiger partial charge on any atom is -0.459 e. The molecule has 0 aliphatic heterocycles. The van der Waals surface area contributed by atoms with E-state index in [9.17, 15) is 0 Å². The summed E-state index contributed by atoms with van der Waals surface area (Å²) in [6.45, 7) is 5.43. The molecule has 0 radical (unpaired) electrons. The van der Waals surface area contributed by atoms with Crippen LogP contribution in [0.1, 0.15) is 32.1 Å². The highest BCUT2D eigenvalue weighted by Crippen LogP contribution is 2.26. The minimum absolute atomic E-state index is 0.250. The molecule has 0 fully saturated rings. The van der Waals surface area contributed by atoms with E-state index in [0.717, 1.165) is 27.7 Å². The van der Waals surface area contributed by atoms with Gasteiger partial charge >= 0.3 is 0 Å². The molecule has 4 heteroatoms. The van der Waals surface area contributed by atoms with Crippen LogP contribution in [-0.2, 0) is 0 Å². The summed E-state index contributed by atoms with van der Waals surface area (Å²) in [7, 11) is 0. The summed E-state index contributed by atoms with van der Waals surface area (Å²) in [6.07, 6.45) is 3.34. The molecule has 0 saturated carbocycles. The number of halogens is 1. The summed E-state index contributed by atoms with van der Waals surface area (Å²) in [4.78, 5) is 0. The van der Waals surface area contributed by atoms with Gasteiger partial charge in [-0.2, -0.15) is 11.8 Å². The Morgan fingerprint density at radius 2 is 2.11 bits per heavy atom. The maximum absolute atomic E-state index is 5.88. The van der Waals surface area contributed by atoms with E-state index in [1.807, 2.05) is 23.9 Å². The van der Waals surface area contributed by atoms with Gasteiger partial charge in [-0.25, -0.2) is 0 Å². The normalized spacial score (nSPS) is 14.7. The van der Waals surface area contributed by atoms with Gasteiger partial charge in [0, 0.05) is 15.1 Å². The second kappa shape index (κ2) is 6.82. The number of furan rings is 1. The van der Waals surface area contributed by atoms with Crippen molar-refractivity contribution in [3.05, 3.63) is 34.5 Å². The van der Waals surface area contributed by atoms with Gasteiger partial charge in [0.25, 0.3) is 0 Å². The average molecular weight is 342 g/mol. The summed E-state index contributed by atoms with van der Waals surface area (Å²) in [6, 6.07) is 8.47. The summed E-state index contributed by atoms with van der Waals surface area (Å²) < 4.78 is 6.97. The molecular formula is C15H20BrNOS. The van der Waals surface area contributed by atoms with Crippen molar-refractivity contribution in [1.82, 2.24) is 5.32 Å². The van der Waals surface area contributed by atoms with Gasteiger partial charge in [-0.15, -0.1) is 0 Å². The maximum atomic E-state index is 5.88. The Morgan fingerprint density at radius 1 is 1.32 bits per heavy atom. The van der Waals surface area contributed by atoms with Crippen molar-refractivity contribution < 1.29 is 4.42 Å². The van der Waals surface area contributed by atoms with Crippen LogP contribution in [0.15, 0.2) is 33.2 Å². The quantitative estimate of drug-likeness (QED) is 0.801. The highest BCUT2D eigenvalue weighted by atomic mass is 79.9. The Kier molecular flexibility index (Phi) is 5.37. The zero-order valence-corrected chi connectivity index (χ0v) is 14.0. The van der Waals surface area contributed by atoms with Crippen molar-refractivity contribution in [3.8, 4) is 0 Å². The first-order valence-corrected chi connectivity index (χ1v) is 8.63. The molecule has 1 aromatic heterocycles. The Hall–Kier alpha value is -0.450. The van der Waals surface area contributed by atoms with Crippen molar-refractivity contribution in [3.63, 3.8) is 0 Å². The van der Waals surface area contributed by atoms with E-state index in [0.29, 0.717) is 5.25 Å². The SMILES string of the molecule is CSC(C)CCNC(C)c1cc2cc(Br)ccc2o1. The average Bonchev–Trinajstić information content (AvgIpc) is 2.81. The highest BCUT2D eigenvalue weighted by Gasteiger charge is 2.11. The molecule has 0 aliphatic carbocycles. The van der Waals surface area contributed by atoms with E-state index in [-0.39, 0.29) is 6.04 Å². The van der Waals surface area contributed by atoms with Crippen LogP contribution in [0.5, 0.6) is 0 Å². The van der Waals surface area contributed by atoms with E-state index in [2.05, 4.69) is 53.5 Å². The number of thioether (sulfide) groups is 1. The number of hydrogen-bond acceptors (Lipinski definition) is 3. The zero-order valence-electron chi connectivity index (χ0n) is 11.6. The van der Waals surface area contributed by atoms with Crippen LogP contribution >= 0.6 is 27.7 Å². The smallest absolute Gasteiger partial charge is 0.134 e. The topological polar surface area (TPSA) is 25.2 Å². The van der Waals surface area contributed by atoms with Gasteiger partial charge in [-0.05, 0) is 50.4 Å². The lowest BCUT2D eigenvalue weighted by Crippen LogP contribution is -2.21. The molecule has 104 valence electrons. The molecule has 1 heterocycles. The number of rotatable bonds is 6. The molecule has 0 bridgehead atoms. The number of fused-ring (bicyclic) bond motifs is 1. The lowest BCUT2D eigenvalue weighted by molar-refractivity contribution is 0.449. The molecule has 0 aliphatic rings. The molecule has 2 nitrogen and oxygen atoms in total. The van der Waals surface area contributed by atoms with Crippen molar-refractivity contribution in [1.29, 1.82) is 0 Å². The summed E-state index contributed by atoms with van der Waals surface area (Å²) in [5.74, 6) is 1.00. The fourth-order valence-corrected chi connectivity index (χ4v) is 2.70. The van der Waals surface area contributed by atoms with Crippen molar-refractivity contribution in [2.45, 2.75) is 31.6 Å². The van der Waals surface area contributed by atoms with E-state index in [1.165, 1.54) is 6.42 Å². The van der Waals surface area contributed by atoms with Crippen LogP contribution in [0.3, 0.4) is 0 Å². The van der Waals surface area contributed by atoms with Gasteiger partial charge in [-0.3, -0.25) is 0 Å². The van der Waals surface area contributed by atoms with Gasteiger partial charge in [0.15, 0.2) is 0 Å². The standard InChI is InChI=1S/C15H20BrNOS/c1-10(19-3)6-7-17-11(2)15-9-12-8-13(16)4-5-14(12)18-15/h4-5,8-11,17H,6-7H2,1-3H3. The molecule has 2 rings (SSSR count). The molecule has 1 N–H and O–H groups in total. The third-order valence-electron chi connectivity index (χ3n) is 3.33. The lowest BCUT2D eigenvalue weighted by atomic mass is 10.2. The zero-order chi connectivity index (χ0) is 13.8. The predicted molar refractivity (Wildman–Crippen MR) is 87.9 cm³/mol. The summed E-state index contributed by atoms with van der Waals surface area (Å²) >= 11 is 5.39. The third kappa shape index (κ3) is 4.01. The Bertz CT molecular complexity index is 540. The second-order valence-corrected chi connectivity index (χ2v) is 7.03. The van der Waals surface area contributed by atoms with Gasteiger partial charge in [0.2, 0.25) is 0 Å². The summed E-state index contributed by atoms with van der Waals surface area (Å²) in [5.41, 5.74) is 0.948. The number of hydrogen-bond donors (Lipinski definition) is 1. The minimum atomic E-state index is 0.250. The molecule has 1 aromatic carbocycles. The molecular weight excluding hydrogens is 322 g/mol. The first-order valence-electron chi connectivity index (χ1n) is 6.55. The van der Waals surface area contributed by atoms with Crippen LogP contribution < -0.4 is 5.32 Å². The fourth-order valence-electron chi connectivity index (χ4n) is 1.97. The largest absolute Gasteiger partial charge is 0.459 e. The van der Waals surface area contributed by atoms with E-state index in [4.69, 9.17) is 4.42 Å². The molecule has 2 aromatic rings. The molecule has 2 atom stereocenters. The Labute approximate surface area is 127 Å². The molecule has 0 amide bonds. The van der Waals surface area contributed by atoms with Gasteiger partial charge in [0.1, 0.15) is 11.3 Å². The van der Waals surface area contributed by atoms with Crippen LogP contribution in [-0.4, -0.2) is 18.1 Å². The molecule has 2 unspecified atom stereocenters. The van der Waals surface area contributed by atoms with Crippen molar-refractivity contribution in [2.75, 3.05) is 12.8 Å². The van der Waals surface area contributed by atoms with Crippen LogP contribution in [0, 0.1) is 0 Å². The molecule has 0 spiro atoms. The Morgan fingerprint density at radius 3 is 2.84 bits per heavy atom. The van der Waals surface area contributed by atoms with E-state index < -0.39 is 0 Å². The first kappa shape index (κ1) is 14.9. The van der Waals surface area contributed by atoms with Crippen LogP contribution in [0.25, 0.3) is 11.0 Å². The monoisotopic (exact) mass is 341 g/mol. The molecule has 19 heavy (non-hydrogen) atoms. The van der Waals surface area contributed by atoms with E-state index >= 15 is 0 Å². The predicted octanol–water partition coefficient (Wildman–Crippen LogP) is 4.99. The Balaban J connectivity index is 1.99. The van der Waals surface area contributed by atoms with Crippen molar-refractivity contribution >= 4 is 38.7 Å². The number of benzene rings is 1. The molecule has 0 saturated heterocycles. The maximum Gasteiger partial charge on any atom is 0.134 e. The third-order valence-corrected chi connectivity index (χ3v) is 4.86. The lowest BCUT2D eigenvalue weighted by Gasteiger charge is -2.13. The van der Waals surface area contributed by atoms with Gasteiger partial charge < -0.3 is 9.73 Å². The fraction of sp³-hybridized carbons (Fsp3) is 0.467. The second-order valence-electron chi connectivity index (χ2n) is 4.84.